The molecule has 0 amide bonds. The van der Waals surface area contributed by atoms with Crippen molar-refractivity contribution < 1.29 is 57.2 Å². The lowest BCUT2D eigenvalue weighted by molar-refractivity contribution is -0.162. The van der Waals surface area contributed by atoms with E-state index in [1.54, 1.807) is 0 Å². The molecule has 0 fully saturated rings. The van der Waals surface area contributed by atoms with Crippen LogP contribution < -0.4 is 0 Å². The number of rotatable bonds is 18. The van der Waals surface area contributed by atoms with Crippen LogP contribution in [0.25, 0.3) is 0 Å². The van der Waals surface area contributed by atoms with E-state index < -0.39 is 49.4 Å². The molecule has 0 rings (SSSR count). The van der Waals surface area contributed by atoms with E-state index in [2.05, 4.69) is 65.3 Å². The Kier molecular flexibility index (Phi) is 26.0. The molecule has 0 bridgehead atoms. The average molecular weight is 609 g/mol. The Morgan fingerprint density at radius 2 is 0.907 bits per heavy atom. The molecule has 12 nitrogen and oxygen atoms in total. The first-order chi connectivity index (χ1) is 20.2. The van der Waals surface area contributed by atoms with Gasteiger partial charge in [-0.1, -0.05) is 66.2 Å². The highest BCUT2D eigenvalue weighted by molar-refractivity contribution is 5.88. The average Bonchev–Trinajstić information content (AvgIpc) is 3.00. The highest BCUT2D eigenvalue weighted by atomic mass is 16.7. The fourth-order valence-electron chi connectivity index (χ4n) is 2.33. The summed E-state index contributed by atoms with van der Waals surface area (Å²) in [6.07, 6.45) is 7.85. The maximum Gasteiger partial charge on any atom is 0.335 e. The summed E-state index contributed by atoms with van der Waals surface area (Å²) in [7, 11) is 0. The third-order valence-corrected chi connectivity index (χ3v) is 5.00. The summed E-state index contributed by atoms with van der Waals surface area (Å²) in [4.78, 5) is 64.5. The van der Waals surface area contributed by atoms with Gasteiger partial charge in [0, 0.05) is 40.9 Å². The Hall–Kier alpha value is -4.74. The maximum absolute atomic E-state index is 11.2. The summed E-state index contributed by atoms with van der Waals surface area (Å²) in [5.41, 5.74) is 0.186. The van der Waals surface area contributed by atoms with Crippen LogP contribution in [0.3, 0.4) is 0 Å². The molecule has 240 valence electrons. The quantitative estimate of drug-likeness (QED) is 0.0922. The smallest absolute Gasteiger partial charge is 0.335 e. The molecule has 0 aliphatic heterocycles. The third kappa shape index (κ3) is 24.8. The van der Waals surface area contributed by atoms with E-state index in [9.17, 15) is 28.8 Å². The van der Waals surface area contributed by atoms with Gasteiger partial charge >= 0.3 is 35.8 Å². The predicted octanol–water partition coefficient (Wildman–Crippen LogP) is 4.62. The summed E-state index contributed by atoms with van der Waals surface area (Å²) in [5, 5.41) is 0. The standard InChI is InChI=1S/C15H24O4.C9H12O4.C7H8O4/c1-5-9-10-15(8-4,11-18-13(16)6-2)12-19-14(17)7-3;1-6(2)8(10)12-5-13-9(11)7(3)4;1-3-6(8)10-5-11-7(9)4-2/h6-7H,2-3,5,8-12H2,1,4H3;1,3,5H2,2,4H3;3-4H,1-2,5H2. The first-order valence-corrected chi connectivity index (χ1v) is 13.0. The number of carbonyl (C=O) groups excluding carboxylic acids is 6. The van der Waals surface area contributed by atoms with Gasteiger partial charge in [0.2, 0.25) is 13.6 Å². The van der Waals surface area contributed by atoms with Gasteiger partial charge in [0.05, 0.1) is 0 Å². The Balaban J connectivity index is -0.000000585. The molecule has 0 saturated carbocycles. The van der Waals surface area contributed by atoms with Crippen molar-refractivity contribution in [2.45, 2.75) is 53.4 Å². The van der Waals surface area contributed by atoms with Gasteiger partial charge in [-0.2, -0.15) is 0 Å². The molecule has 0 radical (unpaired) electrons. The van der Waals surface area contributed by atoms with Crippen molar-refractivity contribution in [2.24, 2.45) is 5.41 Å². The van der Waals surface area contributed by atoms with Gasteiger partial charge in [-0.15, -0.1) is 0 Å². The number of unbranched alkanes of at least 4 members (excludes halogenated alkanes) is 1. The van der Waals surface area contributed by atoms with E-state index in [1.165, 1.54) is 13.8 Å². The Labute approximate surface area is 253 Å². The van der Waals surface area contributed by atoms with Crippen LogP contribution in [0.1, 0.15) is 53.4 Å². The lowest BCUT2D eigenvalue weighted by Crippen LogP contribution is -2.33. The zero-order chi connectivity index (χ0) is 33.8. The fourth-order valence-corrected chi connectivity index (χ4v) is 2.33. The van der Waals surface area contributed by atoms with Gasteiger partial charge < -0.3 is 28.4 Å². The lowest BCUT2D eigenvalue weighted by Gasteiger charge is -2.31. The molecule has 0 aromatic heterocycles. The number of ether oxygens (including phenoxy) is 6. The van der Waals surface area contributed by atoms with Crippen molar-refractivity contribution in [3.63, 3.8) is 0 Å². The summed E-state index contributed by atoms with van der Waals surface area (Å²) in [6.45, 7) is 26.5. The van der Waals surface area contributed by atoms with Crippen LogP contribution >= 0.6 is 0 Å². The molecule has 0 unspecified atom stereocenters. The SMILES string of the molecule is C=C(C)C(=O)OCOC(=O)C(=C)C.C=CC(=O)OCC(CC)(CCCC)COC(=O)C=C.C=CC(=O)OCOC(=O)C=C. The summed E-state index contributed by atoms with van der Waals surface area (Å²) >= 11 is 0. The molecule has 0 aliphatic rings. The van der Waals surface area contributed by atoms with Crippen LogP contribution in [0.2, 0.25) is 0 Å². The highest BCUT2D eigenvalue weighted by Gasteiger charge is 2.31. The van der Waals surface area contributed by atoms with E-state index in [1.807, 2.05) is 6.92 Å². The zero-order valence-electron chi connectivity index (χ0n) is 25.6. The minimum atomic E-state index is -0.637. The maximum atomic E-state index is 11.2. The second-order valence-corrected chi connectivity index (χ2v) is 8.58. The van der Waals surface area contributed by atoms with Crippen LogP contribution in [0.4, 0.5) is 0 Å². The predicted molar refractivity (Wildman–Crippen MR) is 159 cm³/mol. The second kappa shape index (κ2) is 26.2. The van der Waals surface area contributed by atoms with Crippen molar-refractivity contribution >= 4 is 35.8 Å². The van der Waals surface area contributed by atoms with Crippen molar-refractivity contribution in [3.05, 3.63) is 74.9 Å². The van der Waals surface area contributed by atoms with Crippen LogP contribution in [-0.4, -0.2) is 62.6 Å². The monoisotopic (exact) mass is 608 g/mol. The van der Waals surface area contributed by atoms with Crippen molar-refractivity contribution in [1.29, 1.82) is 0 Å². The molecule has 0 saturated heterocycles. The number of hydrogen-bond donors (Lipinski definition) is 0. The molecule has 0 N–H and O–H groups in total. The van der Waals surface area contributed by atoms with Crippen LogP contribution in [0.5, 0.6) is 0 Å². The third-order valence-electron chi connectivity index (χ3n) is 5.00. The molecule has 0 aromatic carbocycles. The summed E-state index contributed by atoms with van der Waals surface area (Å²) < 4.78 is 27.9. The van der Waals surface area contributed by atoms with Crippen LogP contribution in [0.15, 0.2) is 74.9 Å². The molecule has 0 spiro atoms. The molecule has 0 aromatic rings. The van der Waals surface area contributed by atoms with E-state index in [0.717, 1.165) is 50.0 Å². The van der Waals surface area contributed by atoms with Crippen molar-refractivity contribution in [1.82, 2.24) is 0 Å². The summed E-state index contributed by atoms with van der Waals surface area (Å²) in [5.74, 6) is -3.36. The molecular formula is C31H44O12. The van der Waals surface area contributed by atoms with E-state index in [-0.39, 0.29) is 29.8 Å². The van der Waals surface area contributed by atoms with Gasteiger partial charge in [0.25, 0.3) is 0 Å². The van der Waals surface area contributed by atoms with Crippen LogP contribution in [-0.2, 0) is 57.2 Å². The Bertz CT molecular complexity index is 936. The first-order valence-electron chi connectivity index (χ1n) is 13.0. The summed E-state index contributed by atoms with van der Waals surface area (Å²) in [6, 6.07) is 0. The molecule has 43 heavy (non-hydrogen) atoms. The molecule has 0 aliphatic carbocycles. The molecule has 12 heteroatoms. The normalized spacial score (nSPS) is 9.40. The largest absolute Gasteiger partial charge is 0.462 e. The van der Waals surface area contributed by atoms with Crippen molar-refractivity contribution in [3.8, 4) is 0 Å². The highest BCUT2D eigenvalue weighted by Crippen LogP contribution is 2.30. The minimum Gasteiger partial charge on any atom is -0.462 e. The van der Waals surface area contributed by atoms with E-state index >= 15 is 0 Å². The van der Waals surface area contributed by atoms with Gasteiger partial charge in [-0.3, -0.25) is 0 Å². The zero-order valence-corrected chi connectivity index (χ0v) is 25.6. The molecule has 0 atom stereocenters. The van der Waals surface area contributed by atoms with E-state index in [0.29, 0.717) is 0 Å². The van der Waals surface area contributed by atoms with E-state index in [4.69, 9.17) is 9.47 Å². The number of hydrogen-bond acceptors (Lipinski definition) is 12. The van der Waals surface area contributed by atoms with Crippen LogP contribution in [0, 0.1) is 5.41 Å². The van der Waals surface area contributed by atoms with Gasteiger partial charge in [-0.25, -0.2) is 28.8 Å². The molecular weight excluding hydrogens is 564 g/mol. The molecule has 0 heterocycles. The fraction of sp³-hybridized carbons (Fsp3) is 0.419. The second-order valence-electron chi connectivity index (χ2n) is 8.58. The van der Waals surface area contributed by atoms with Gasteiger partial charge in [-0.05, 0) is 26.7 Å². The number of esters is 6. The lowest BCUT2D eigenvalue weighted by atomic mass is 9.81. The number of carbonyl (C=O) groups is 6. The Morgan fingerprint density at radius 1 is 0.581 bits per heavy atom. The Morgan fingerprint density at radius 3 is 1.19 bits per heavy atom. The van der Waals surface area contributed by atoms with Crippen molar-refractivity contribution in [2.75, 3.05) is 26.8 Å². The van der Waals surface area contributed by atoms with Gasteiger partial charge in [0.15, 0.2) is 0 Å². The minimum absolute atomic E-state index is 0.235. The van der Waals surface area contributed by atoms with Gasteiger partial charge in [0.1, 0.15) is 13.2 Å². The topological polar surface area (TPSA) is 158 Å². The first kappa shape index (κ1) is 42.7.